The van der Waals surface area contributed by atoms with Gasteiger partial charge in [-0.05, 0) is 46.3 Å². The number of rotatable bonds is 2. The number of halogens is 2. The predicted molar refractivity (Wildman–Crippen MR) is 75.7 cm³/mol. The molecule has 6 heteroatoms. The fraction of sp³-hybridized carbons (Fsp3) is 0. The number of carbonyl (C=O) groups is 1. The van der Waals surface area contributed by atoms with Gasteiger partial charge < -0.3 is 10.4 Å². The number of benzene rings is 1. The van der Waals surface area contributed by atoms with E-state index in [0.29, 0.717) is 5.69 Å². The van der Waals surface area contributed by atoms with Gasteiger partial charge in [0.25, 0.3) is 5.91 Å². The quantitative estimate of drug-likeness (QED) is 0.848. The highest BCUT2D eigenvalue weighted by Gasteiger charge is 2.13. The minimum absolute atomic E-state index is 0.00711. The molecule has 0 spiro atoms. The van der Waals surface area contributed by atoms with Crippen LogP contribution in [0.5, 0.6) is 5.75 Å². The molecule has 0 fully saturated rings. The zero-order chi connectivity index (χ0) is 13.1. The van der Waals surface area contributed by atoms with Gasteiger partial charge in [-0.2, -0.15) is 0 Å². The van der Waals surface area contributed by atoms with Crippen molar-refractivity contribution >= 4 is 43.5 Å². The van der Waals surface area contributed by atoms with Crippen molar-refractivity contribution < 1.29 is 9.90 Å². The largest absolute Gasteiger partial charge is 0.505 e. The number of nitrogens with one attached hydrogen (secondary N) is 1. The highest BCUT2D eigenvalue weighted by molar-refractivity contribution is 9.11. The molecule has 0 bridgehead atoms. The summed E-state index contributed by atoms with van der Waals surface area (Å²) in [4.78, 5) is 15.7. The standard InChI is InChI=1S/C12H8Br2N2O2/c13-7-3-4-9(8(14)6-7)16-12(18)11-10(17)2-1-5-15-11/h1-6,17H,(H,16,18). The van der Waals surface area contributed by atoms with Crippen LogP contribution in [-0.2, 0) is 0 Å². The number of hydrogen-bond donors (Lipinski definition) is 2. The smallest absolute Gasteiger partial charge is 0.278 e. The van der Waals surface area contributed by atoms with Crippen molar-refractivity contribution in [2.24, 2.45) is 0 Å². The molecule has 18 heavy (non-hydrogen) atoms. The number of pyridine rings is 1. The zero-order valence-corrected chi connectivity index (χ0v) is 12.2. The van der Waals surface area contributed by atoms with Crippen LogP contribution in [0.15, 0.2) is 45.5 Å². The SMILES string of the molecule is O=C(Nc1ccc(Br)cc1Br)c1ncccc1O. The lowest BCUT2D eigenvalue weighted by molar-refractivity contribution is 0.101. The number of carbonyl (C=O) groups excluding carboxylic acids is 1. The van der Waals surface area contributed by atoms with Gasteiger partial charge in [-0.15, -0.1) is 0 Å². The lowest BCUT2D eigenvalue weighted by Gasteiger charge is -2.08. The second-order valence-electron chi connectivity index (χ2n) is 3.45. The fourth-order valence-corrected chi connectivity index (χ4v) is 2.49. The normalized spacial score (nSPS) is 10.1. The van der Waals surface area contributed by atoms with Crippen molar-refractivity contribution in [2.75, 3.05) is 5.32 Å². The Morgan fingerprint density at radius 2 is 2.06 bits per heavy atom. The lowest BCUT2D eigenvalue weighted by atomic mass is 10.3. The molecule has 0 saturated carbocycles. The van der Waals surface area contributed by atoms with Crippen LogP contribution in [-0.4, -0.2) is 16.0 Å². The maximum absolute atomic E-state index is 11.9. The summed E-state index contributed by atoms with van der Waals surface area (Å²) in [6, 6.07) is 8.33. The molecule has 2 N–H and O–H groups in total. The van der Waals surface area contributed by atoms with Crippen LogP contribution in [0.3, 0.4) is 0 Å². The molecule has 2 aromatic rings. The van der Waals surface area contributed by atoms with E-state index in [9.17, 15) is 9.90 Å². The summed E-state index contributed by atoms with van der Waals surface area (Å²) in [7, 11) is 0. The Kier molecular flexibility index (Phi) is 3.98. The van der Waals surface area contributed by atoms with Crippen molar-refractivity contribution in [3.05, 3.63) is 51.2 Å². The second kappa shape index (κ2) is 5.49. The molecule has 0 saturated heterocycles. The average Bonchev–Trinajstić information content (AvgIpc) is 2.33. The molecule has 1 amide bonds. The van der Waals surface area contributed by atoms with Crippen LogP contribution in [0.1, 0.15) is 10.5 Å². The molecule has 4 nitrogen and oxygen atoms in total. The van der Waals surface area contributed by atoms with Gasteiger partial charge >= 0.3 is 0 Å². The van der Waals surface area contributed by atoms with E-state index in [0.717, 1.165) is 8.95 Å². The summed E-state index contributed by atoms with van der Waals surface area (Å²) in [5.74, 6) is -0.612. The van der Waals surface area contributed by atoms with Crippen molar-refractivity contribution in [1.82, 2.24) is 4.98 Å². The summed E-state index contributed by atoms with van der Waals surface area (Å²) in [6.07, 6.45) is 1.45. The Morgan fingerprint density at radius 3 is 2.72 bits per heavy atom. The van der Waals surface area contributed by atoms with Gasteiger partial charge in [-0.25, -0.2) is 4.98 Å². The first-order valence-electron chi connectivity index (χ1n) is 4.98. The summed E-state index contributed by atoms with van der Waals surface area (Å²) >= 11 is 6.66. The minimum Gasteiger partial charge on any atom is -0.505 e. The van der Waals surface area contributed by atoms with Gasteiger partial charge in [0.05, 0.1) is 5.69 Å². The highest BCUT2D eigenvalue weighted by Crippen LogP contribution is 2.27. The number of hydrogen-bond acceptors (Lipinski definition) is 3. The van der Waals surface area contributed by atoms with Crippen LogP contribution in [0.4, 0.5) is 5.69 Å². The molecule has 1 aromatic carbocycles. The van der Waals surface area contributed by atoms with E-state index >= 15 is 0 Å². The summed E-state index contributed by atoms with van der Waals surface area (Å²) < 4.78 is 1.63. The molecule has 1 heterocycles. The number of amides is 1. The number of aromatic nitrogens is 1. The second-order valence-corrected chi connectivity index (χ2v) is 5.22. The molecule has 2 rings (SSSR count). The first-order chi connectivity index (χ1) is 8.58. The van der Waals surface area contributed by atoms with E-state index in [-0.39, 0.29) is 11.4 Å². The molecule has 0 atom stereocenters. The minimum atomic E-state index is -0.462. The monoisotopic (exact) mass is 370 g/mol. The molecule has 92 valence electrons. The maximum atomic E-state index is 11.9. The van der Waals surface area contributed by atoms with Crippen molar-refractivity contribution in [2.45, 2.75) is 0 Å². The Balaban J connectivity index is 2.24. The van der Waals surface area contributed by atoms with Gasteiger partial charge in [0.15, 0.2) is 5.69 Å². The average molecular weight is 372 g/mol. The maximum Gasteiger partial charge on any atom is 0.278 e. The summed E-state index contributed by atoms with van der Waals surface area (Å²) in [5.41, 5.74) is 0.598. The Labute approximate surface area is 120 Å². The Morgan fingerprint density at radius 1 is 1.28 bits per heavy atom. The molecule has 0 aliphatic carbocycles. The van der Waals surface area contributed by atoms with Crippen LogP contribution in [0, 0.1) is 0 Å². The Bertz CT molecular complexity index is 602. The van der Waals surface area contributed by atoms with E-state index < -0.39 is 5.91 Å². The number of aromatic hydroxyl groups is 1. The summed E-state index contributed by atoms with van der Waals surface area (Å²) in [6.45, 7) is 0. The van der Waals surface area contributed by atoms with E-state index in [1.165, 1.54) is 12.3 Å². The molecular formula is C12H8Br2N2O2. The van der Waals surface area contributed by atoms with E-state index in [4.69, 9.17) is 0 Å². The number of anilines is 1. The molecule has 0 unspecified atom stereocenters. The van der Waals surface area contributed by atoms with E-state index in [1.807, 2.05) is 6.07 Å². The first-order valence-corrected chi connectivity index (χ1v) is 6.57. The van der Waals surface area contributed by atoms with Crippen LogP contribution in [0.25, 0.3) is 0 Å². The fourth-order valence-electron chi connectivity index (χ4n) is 1.34. The van der Waals surface area contributed by atoms with Gasteiger partial charge in [0.1, 0.15) is 5.75 Å². The zero-order valence-electron chi connectivity index (χ0n) is 9.02. The van der Waals surface area contributed by atoms with Gasteiger partial charge in [-0.1, -0.05) is 15.9 Å². The van der Waals surface area contributed by atoms with E-state index in [1.54, 1.807) is 18.2 Å². The Hall–Kier alpha value is -1.40. The van der Waals surface area contributed by atoms with Crippen LogP contribution < -0.4 is 5.32 Å². The summed E-state index contributed by atoms with van der Waals surface area (Å²) in [5, 5.41) is 12.2. The molecular weight excluding hydrogens is 364 g/mol. The molecule has 0 aliphatic heterocycles. The van der Waals surface area contributed by atoms with Crippen LogP contribution >= 0.6 is 31.9 Å². The number of nitrogens with zero attached hydrogens (tertiary/aromatic N) is 1. The van der Waals surface area contributed by atoms with Crippen molar-refractivity contribution in [1.29, 1.82) is 0 Å². The topological polar surface area (TPSA) is 62.2 Å². The third-order valence-corrected chi connectivity index (χ3v) is 3.33. The molecule has 0 aliphatic rings. The van der Waals surface area contributed by atoms with Crippen molar-refractivity contribution in [3.8, 4) is 5.75 Å². The van der Waals surface area contributed by atoms with E-state index in [2.05, 4.69) is 42.2 Å². The predicted octanol–water partition coefficient (Wildman–Crippen LogP) is 3.56. The van der Waals surface area contributed by atoms with Gasteiger partial charge in [0, 0.05) is 15.1 Å². The van der Waals surface area contributed by atoms with Crippen LogP contribution in [0.2, 0.25) is 0 Å². The van der Waals surface area contributed by atoms with Gasteiger partial charge in [-0.3, -0.25) is 4.79 Å². The molecule has 0 radical (unpaired) electrons. The lowest BCUT2D eigenvalue weighted by Crippen LogP contribution is -2.14. The van der Waals surface area contributed by atoms with Gasteiger partial charge in [0.2, 0.25) is 0 Å². The highest BCUT2D eigenvalue weighted by atomic mass is 79.9. The van der Waals surface area contributed by atoms with Crippen molar-refractivity contribution in [3.63, 3.8) is 0 Å². The third-order valence-electron chi connectivity index (χ3n) is 2.18. The first kappa shape index (κ1) is 13.0. The molecule has 1 aromatic heterocycles. The third kappa shape index (κ3) is 2.88.